The van der Waals surface area contributed by atoms with Gasteiger partial charge in [0.2, 0.25) is 0 Å². The average molecular weight is 404 g/mol. The van der Waals surface area contributed by atoms with E-state index in [1.165, 1.54) is 16.8 Å². The summed E-state index contributed by atoms with van der Waals surface area (Å²) in [6.07, 6.45) is 2.80. The minimum Gasteiger partial charge on any atom is -0.247 e. The van der Waals surface area contributed by atoms with Gasteiger partial charge in [0, 0.05) is 0 Å². The maximum Gasteiger partial charge on any atom is 0.336 e. The molecule has 0 fully saturated rings. The molecule has 9 nitrogen and oxygen atoms in total. The molecule has 0 aliphatic heterocycles. The summed E-state index contributed by atoms with van der Waals surface area (Å²) in [5.74, 6) is 0. The minimum atomic E-state index is -0.785. The third-order valence-electron chi connectivity index (χ3n) is 4.59. The second kappa shape index (κ2) is 8.45. The van der Waals surface area contributed by atoms with Crippen molar-refractivity contribution >= 4 is 0 Å². The van der Waals surface area contributed by atoms with Crippen LogP contribution in [0.25, 0.3) is 5.69 Å². The molecule has 0 aliphatic carbocycles. The molecule has 0 amide bonds. The summed E-state index contributed by atoms with van der Waals surface area (Å²) in [5.41, 5.74) is -0.531. The minimum absolute atomic E-state index is 0.0584. The second-order valence-electron chi connectivity index (χ2n) is 6.50. The van der Waals surface area contributed by atoms with E-state index in [1.807, 2.05) is 18.2 Å². The Hall–Kier alpha value is -4.19. The van der Waals surface area contributed by atoms with Crippen molar-refractivity contribution in [1.29, 1.82) is 5.26 Å². The number of nitrogens with zero attached hydrogens (tertiary/aromatic N) is 6. The van der Waals surface area contributed by atoms with E-state index in [4.69, 9.17) is 0 Å². The predicted octanol–water partition coefficient (Wildman–Crippen LogP) is 0.958. The Morgan fingerprint density at radius 2 is 1.50 bits per heavy atom. The number of rotatable bonds is 7. The van der Waals surface area contributed by atoms with Crippen molar-refractivity contribution in [3.8, 4) is 11.8 Å². The normalized spacial score (nSPS) is 10.5. The number of nitriles is 1. The lowest BCUT2D eigenvalue weighted by atomic mass is 10.2. The molecule has 2 aromatic heterocycles. The Morgan fingerprint density at radius 1 is 0.967 bits per heavy atom. The highest BCUT2D eigenvalue weighted by molar-refractivity contribution is 5.43. The first-order chi connectivity index (χ1) is 14.4. The van der Waals surface area contributed by atoms with Gasteiger partial charge in [-0.15, -0.1) is 13.2 Å². The molecule has 2 heterocycles. The predicted molar refractivity (Wildman–Crippen MR) is 112 cm³/mol. The van der Waals surface area contributed by atoms with Crippen molar-refractivity contribution < 1.29 is 0 Å². The summed E-state index contributed by atoms with van der Waals surface area (Å²) in [6, 6.07) is 11.2. The zero-order valence-corrected chi connectivity index (χ0v) is 16.5. The van der Waals surface area contributed by atoms with E-state index in [9.17, 15) is 19.6 Å². The van der Waals surface area contributed by atoms with Gasteiger partial charge in [-0.1, -0.05) is 30.4 Å². The van der Waals surface area contributed by atoms with Gasteiger partial charge in [0.25, 0.3) is 0 Å². The van der Waals surface area contributed by atoms with Crippen LogP contribution in [0.5, 0.6) is 0 Å². The van der Waals surface area contributed by atoms with Gasteiger partial charge in [-0.3, -0.25) is 0 Å². The number of hydrogen-bond acceptors (Lipinski definition) is 5. The third kappa shape index (κ3) is 3.46. The van der Waals surface area contributed by atoms with Crippen LogP contribution >= 0.6 is 0 Å². The summed E-state index contributed by atoms with van der Waals surface area (Å²) in [5, 5.41) is 14.1. The Balaban J connectivity index is 2.30. The lowest BCUT2D eigenvalue weighted by Gasteiger charge is -2.13. The van der Waals surface area contributed by atoms with Crippen LogP contribution in [0, 0.1) is 18.3 Å². The summed E-state index contributed by atoms with van der Waals surface area (Å²) < 4.78 is 4.28. The Morgan fingerprint density at radius 3 is 2.00 bits per heavy atom. The lowest BCUT2D eigenvalue weighted by molar-refractivity contribution is 0.492. The highest BCUT2D eigenvalue weighted by Gasteiger charge is 2.21. The van der Waals surface area contributed by atoms with E-state index in [-0.39, 0.29) is 25.2 Å². The van der Waals surface area contributed by atoms with Gasteiger partial charge >= 0.3 is 17.1 Å². The van der Waals surface area contributed by atoms with E-state index in [1.54, 1.807) is 19.1 Å². The Labute approximate surface area is 171 Å². The number of hydrogen-bond donors (Lipinski definition) is 0. The van der Waals surface area contributed by atoms with Crippen LogP contribution in [0.15, 0.2) is 70.0 Å². The molecule has 1 aromatic carbocycles. The number of para-hydroxylation sites is 1. The van der Waals surface area contributed by atoms with Gasteiger partial charge in [0.05, 0.1) is 42.3 Å². The Bertz CT molecular complexity index is 1280. The molecule has 0 unspecified atom stereocenters. The molecule has 3 rings (SSSR count). The lowest BCUT2D eigenvalue weighted by Crippen LogP contribution is -2.54. The fourth-order valence-electron chi connectivity index (χ4n) is 3.19. The third-order valence-corrected chi connectivity index (χ3v) is 4.59. The first-order valence-corrected chi connectivity index (χ1v) is 9.14. The van der Waals surface area contributed by atoms with Crippen LogP contribution in [0.3, 0.4) is 0 Å². The van der Waals surface area contributed by atoms with Crippen molar-refractivity contribution in [3.63, 3.8) is 0 Å². The van der Waals surface area contributed by atoms with Crippen molar-refractivity contribution in [3.05, 3.63) is 104 Å². The number of allylic oxidation sites excluding steroid dienone is 2. The molecule has 0 saturated heterocycles. The highest BCUT2D eigenvalue weighted by Crippen LogP contribution is 2.18. The molecule has 0 spiro atoms. The zero-order chi connectivity index (χ0) is 21.8. The number of aromatic nitrogens is 5. The molecule has 0 radical (unpaired) electrons. The molecular formula is C21H20N6O3. The van der Waals surface area contributed by atoms with Crippen LogP contribution in [0.4, 0.5) is 0 Å². The SMILES string of the molecule is C=CCn1c(=O)n(CC=C)c(=O)n(Cc2c(C#N)c(C)nn2-c2ccccc2)c1=O. The van der Waals surface area contributed by atoms with Crippen molar-refractivity contribution in [2.24, 2.45) is 0 Å². The molecule has 30 heavy (non-hydrogen) atoms. The average Bonchev–Trinajstić information content (AvgIpc) is 3.07. The molecule has 0 saturated carbocycles. The van der Waals surface area contributed by atoms with E-state index >= 15 is 0 Å². The molecular weight excluding hydrogens is 384 g/mol. The van der Waals surface area contributed by atoms with Gasteiger partial charge in [-0.2, -0.15) is 10.4 Å². The second-order valence-corrected chi connectivity index (χ2v) is 6.50. The molecule has 0 atom stereocenters. The van der Waals surface area contributed by atoms with Crippen molar-refractivity contribution in [2.75, 3.05) is 0 Å². The summed E-state index contributed by atoms with van der Waals surface area (Å²) in [4.78, 5) is 38.4. The van der Waals surface area contributed by atoms with E-state index < -0.39 is 17.1 Å². The summed E-state index contributed by atoms with van der Waals surface area (Å²) in [6.45, 7) is 8.46. The van der Waals surface area contributed by atoms with Gasteiger partial charge in [-0.05, 0) is 19.1 Å². The molecule has 3 aromatic rings. The number of benzene rings is 1. The summed E-state index contributed by atoms with van der Waals surface area (Å²) >= 11 is 0. The smallest absolute Gasteiger partial charge is 0.247 e. The van der Waals surface area contributed by atoms with E-state index in [0.29, 0.717) is 17.1 Å². The van der Waals surface area contributed by atoms with Crippen LogP contribution in [0.1, 0.15) is 17.0 Å². The zero-order valence-electron chi connectivity index (χ0n) is 16.5. The topological polar surface area (TPSA) is 108 Å². The molecule has 0 bridgehead atoms. The van der Waals surface area contributed by atoms with Crippen LogP contribution in [0.2, 0.25) is 0 Å². The quantitative estimate of drug-likeness (QED) is 0.545. The van der Waals surface area contributed by atoms with Crippen LogP contribution < -0.4 is 17.1 Å². The van der Waals surface area contributed by atoms with Gasteiger partial charge < -0.3 is 0 Å². The van der Waals surface area contributed by atoms with Crippen LogP contribution in [-0.2, 0) is 19.6 Å². The van der Waals surface area contributed by atoms with E-state index in [0.717, 1.165) is 13.7 Å². The van der Waals surface area contributed by atoms with Crippen molar-refractivity contribution in [1.82, 2.24) is 23.5 Å². The molecule has 9 heteroatoms. The van der Waals surface area contributed by atoms with Crippen LogP contribution in [-0.4, -0.2) is 23.5 Å². The summed E-state index contributed by atoms with van der Waals surface area (Å²) in [7, 11) is 0. The van der Waals surface area contributed by atoms with Gasteiger partial charge in [0.1, 0.15) is 6.07 Å². The maximum atomic E-state index is 12.9. The monoisotopic (exact) mass is 404 g/mol. The number of aryl methyl sites for hydroxylation is 1. The Kier molecular flexibility index (Phi) is 5.78. The molecule has 152 valence electrons. The standard InChI is InChI=1S/C21H20N6O3/c1-4-11-24-19(28)25(12-5-2)21(30)26(20(24)29)14-18-17(13-22)15(3)23-27(18)16-9-7-6-8-10-16/h4-10H,1-2,11-12,14H2,3H3. The molecule has 0 aliphatic rings. The van der Waals surface area contributed by atoms with E-state index in [2.05, 4.69) is 24.3 Å². The van der Waals surface area contributed by atoms with Gasteiger partial charge in [-0.25, -0.2) is 32.8 Å². The largest absolute Gasteiger partial charge is 0.336 e. The van der Waals surface area contributed by atoms with Crippen molar-refractivity contribution in [2.45, 2.75) is 26.6 Å². The first-order valence-electron chi connectivity index (χ1n) is 9.14. The fourth-order valence-corrected chi connectivity index (χ4v) is 3.19. The fraction of sp³-hybridized carbons (Fsp3) is 0.190. The maximum absolute atomic E-state index is 12.9. The van der Waals surface area contributed by atoms with Gasteiger partial charge in [0.15, 0.2) is 0 Å². The highest BCUT2D eigenvalue weighted by atomic mass is 16.2. The molecule has 0 N–H and O–H groups in total. The first kappa shape index (κ1) is 20.5.